The zero-order valence-electron chi connectivity index (χ0n) is 10.9. The normalized spacial score (nSPS) is 20.7. The first-order chi connectivity index (χ1) is 9.40. The summed E-state index contributed by atoms with van der Waals surface area (Å²) in [7, 11) is -3.63. The van der Waals surface area contributed by atoms with Crippen LogP contribution < -0.4 is 11.5 Å². The van der Waals surface area contributed by atoms with Crippen molar-refractivity contribution < 1.29 is 17.9 Å². The topological polar surface area (TPSA) is 116 Å². The van der Waals surface area contributed by atoms with E-state index in [0.717, 1.165) is 4.31 Å². The van der Waals surface area contributed by atoms with Crippen LogP contribution in [0.4, 0.5) is 5.69 Å². The molecule has 8 heteroatoms. The lowest BCUT2D eigenvalue weighted by Gasteiger charge is -2.32. The molecule has 1 unspecified atom stereocenters. The van der Waals surface area contributed by atoms with Gasteiger partial charge in [-0.1, -0.05) is 12.1 Å². The van der Waals surface area contributed by atoms with Gasteiger partial charge in [0, 0.05) is 12.2 Å². The van der Waals surface area contributed by atoms with Gasteiger partial charge in [0.05, 0.1) is 19.0 Å². The van der Waals surface area contributed by atoms with Crippen molar-refractivity contribution in [3.05, 3.63) is 29.8 Å². The van der Waals surface area contributed by atoms with Crippen LogP contribution in [0.5, 0.6) is 0 Å². The van der Waals surface area contributed by atoms with E-state index in [9.17, 15) is 13.2 Å². The Morgan fingerprint density at radius 3 is 2.60 bits per heavy atom. The third-order valence-corrected chi connectivity index (χ3v) is 4.94. The average molecular weight is 299 g/mol. The monoisotopic (exact) mass is 299 g/mol. The Labute approximate surface area is 117 Å². The number of nitrogens with zero attached hydrogens (tertiary/aromatic N) is 1. The van der Waals surface area contributed by atoms with Crippen LogP contribution in [0.3, 0.4) is 0 Å². The molecule has 1 atom stereocenters. The number of morpholine rings is 1. The third-order valence-electron chi connectivity index (χ3n) is 3.09. The van der Waals surface area contributed by atoms with Crippen LogP contribution in [0.25, 0.3) is 0 Å². The number of primary amides is 1. The minimum absolute atomic E-state index is 0.00367. The minimum Gasteiger partial charge on any atom is -0.399 e. The van der Waals surface area contributed by atoms with Crippen molar-refractivity contribution in [3.8, 4) is 0 Å². The van der Waals surface area contributed by atoms with E-state index in [1.54, 1.807) is 24.3 Å². The molecule has 0 saturated carbocycles. The Bertz CT molecular complexity index is 585. The van der Waals surface area contributed by atoms with E-state index in [0.29, 0.717) is 11.3 Å². The van der Waals surface area contributed by atoms with Gasteiger partial charge in [0.25, 0.3) is 0 Å². The van der Waals surface area contributed by atoms with Gasteiger partial charge in [0.15, 0.2) is 0 Å². The number of nitrogen functional groups attached to an aromatic ring is 1. The van der Waals surface area contributed by atoms with E-state index in [2.05, 4.69) is 0 Å². The van der Waals surface area contributed by atoms with Crippen LogP contribution in [0, 0.1) is 0 Å². The molecule has 4 N–H and O–H groups in total. The number of amides is 1. The molecule has 1 saturated heterocycles. The molecule has 0 aliphatic carbocycles. The summed E-state index contributed by atoms with van der Waals surface area (Å²) in [4.78, 5) is 11.3. The quantitative estimate of drug-likeness (QED) is 0.712. The summed E-state index contributed by atoms with van der Waals surface area (Å²) in [6.07, 6.45) is 0. The maximum atomic E-state index is 12.4. The Morgan fingerprint density at radius 2 is 2.00 bits per heavy atom. The number of rotatable bonds is 4. The van der Waals surface area contributed by atoms with Gasteiger partial charge in [-0.2, -0.15) is 4.31 Å². The largest absolute Gasteiger partial charge is 0.399 e. The van der Waals surface area contributed by atoms with Crippen molar-refractivity contribution >= 4 is 21.6 Å². The average Bonchev–Trinajstić information content (AvgIpc) is 2.41. The van der Waals surface area contributed by atoms with Crippen molar-refractivity contribution in [1.82, 2.24) is 4.31 Å². The molecule has 0 bridgehead atoms. The van der Waals surface area contributed by atoms with E-state index < -0.39 is 22.0 Å². The molecule has 1 fully saturated rings. The number of carbonyl (C=O) groups excluding carboxylic acids is 1. The first-order valence-corrected chi connectivity index (χ1v) is 7.72. The van der Waals surface area contributed by atoms with Gasteiger partial charge in [-0.15, -0.1) is 0 Å². The lowest BCUT2D eigenvalue weighted by molar-refractivity contribution is -0.125. The summed E-state index contributed by atoms with van der Waals surface area (Å²) in [5.74, 6) is -0.901. The van der Waals surface area contributed by atoms with Crippen molar-refractivity contribution in [2.45, 2.75) is 11.8 Å². The third kappa shape index (κ3) is 3.27. The molecule has 7 nitrogen and oxygen atoms in total. The molecular weight excluding hydrogens is 282 g/mol. The van der Waals surface area contributed by atoms with Gasteiger partial charge in [0.2, 0.25) is 15.9 Å². The lowest BCUT2D eigenvalue weighted by Crippen LogP contribution is -2.54. The molecule has 1 aliphatic rings. The molecular formula is C12H17N3O4S. The van der Waals surface area contributed by atoms with E-state index in [4.69, 9.17) is 16.2 Å². The van der Waals surface area contributed by atoms with Crippen molar-refractivity contribution in [3.63, 3.8) is 0 Å². The second-order valence-corrected chi connectivity index (χ2v) is 6.52. The van der Waals surface area contributed by atoms with Crippen molar-refractivity contribution in [1.29, 1.82) is 0 Å². The van der Waals surface area contributed by atoms with E-state index in [-0.39, 0.29) is 25.5 Å². The highest BCUT2D eigenvalue weighted by Gasteiger charge is 2.36. The van der Waals surface area contributed by atoms with E-state index in [1.165, 1.54) is 0 Å². The van der Waals surface area contributed by atoms with Crippen LogP contribution in [-0.4, -0.2) is 44.4 Å². The number of anilines is 1. The van der Waals surface area contributed by atoms with Crippen LogP contribution in [-0.2, 0) is 25.3 Å². The van der Waals surface area contributed by atoms with Gasteiger partial charge < -0.3 is 16.2 Å². The van der Waals surface area contributed by atoms with Crippen LogP contribution in [0.15, 0.2) is 24.3 Å². The van der Waals surface area contributed by atoms with Gasteiger partial charge in [-0.05, 0) is 17.7 Å². The molecule has 0 radical (unpaired) electrons. The first-order valence-electron chi connectivity index (χ1n) is 6.11. The summed E-state index contributed by atoms with van der Waals surface area (Å²) in [5, 5.41) is 0. The fourth-order valence-electron chi connectivity index (χ4n) is 2.05. The second-order valence-electron chi connectivity index (χ2n) is 4.60. The molecule has 0 spiro atoms. The maximum absolute atomic E-state index is 12.4. The summed E-state index contributed by atoms with van der Waals surface area (Å²) >= 11 is 0. The van der Waals surface area contributed by atoms with Gasteiger partial charge in [-0.25, -0.2) is 8.42 Å². The fraction of sp³-hybridized carbons (Fsp3) is 0.417. The number of nitrogens with two attached hydrogens (primary N) is 2. The minimum atomic E-state index is -3.63. The van der Waals surface area contributed by atoms with Gasteiger partial charge >= 0.3 is 0 Å². The molecule has 1 aromatic carbocycles. The Kier molecular flexibility index (Phi) is 4.26. The maximum Gasteiger partial charge on any atom is 0.238 e. The number of ether oxygens (including phenoxy) is 1. The summed E-state index contributed by atoms with van der Waals surface area (Å²) < 4.78 is 31.0. The van der Waals surface area contributed by atoms with Gasteiger partial charge in [0.1, 0.15) is 6.04 Å². The smallest absolute Gasteiger partial charge is 0.238 e. The number of hydrogen-bond donors (Lipinski definition) is 2. The Morgan fingerprint density at radius 1 is 1.35 bits per heavy atom. The zero-order valence-corrected chi connectivity index (χ0v) is 11.7. The predicted octanol–water partition coefficient (Wildman–Crippen LogP) is -0.715. The molecule has 110 valence electrons. The summed E-state index contributed by atoms with van der Waals surface area (Å²) in [6.45, 7) is 0.381. The molecule has 1 heterocycles. The highest BCUT2D eigenvalue weighted by atomic mass is 32.2. The fourth-order valence-corrected chi connectivity index (χ4v) is 3.74. The number of benzene rings is 1. The van der Waals surface area contributed by atoms with Crippen LogP contribution >= 0.6 is 0 Å². The Balaban J connectivity index is 2.20. The first kappa shape index (κ1) is 14.8. The standard InChI is InChI=1S/C12H17N3O4S/c13-10-3-1-9(2-4-10)8-20(17,18)15-5-6-19-7-11(15)12(14)16/h1-4,11H,5-8,13H2,(H2,14,16). The highest BCUT2D eigenvalue weighted by Crippen LogP contribution is 2.17. The van der Waals surface area contributed by atoms with Crippen LogP contribution in [0.1, 0.15) is 5.56 Å². The SMILES string of the molecule is NC(=O)C1COCCN1S(=O)(=O)Cc1ccc(N)cc1. The number of sulfonamides is 1. The summed E-state index contributed by atoms with van der Waals surface area (Å²) in [5.41, 5.74) is 12.0. The predicted molar refractivity (Wildman–Crippen MR) is 74.0 cm³/mol. The van der Waals surface area contributed by atoms with E-state index >= 15 is 0 Å². The molecule has 1 aromatic rings. The van der Waals surface area contributed by atoms with Gasteiger partial charge in [-0.3, -0.25) is 4.79 Å². The molecule has 1 amide bonds. The molecule has 20 heavy (non-hydrogen) atoms. The number of carbonyl (C=O) groups is 1. The van der Waals surface area contributed by atoms with Crippen LogP contribution in [0.2, 0.25) is 0 Å². The zero-order chi connectivity index (χ0) is 14.8. The van der Waals surface area contributed by atoms with E-state index in [1.807, 2.05) is 0 Å². The molecule has 1 aliphatic heterocycles. The Hall–Kier alpha value is -1.64. The summed E-state index contributed by atoms with van der Waals surface area (Å²) in [6, 6.07) is 5.62. The van der Waals surface area contributed by atoms with Crippen molar-refractivity contribution in [2.24, 2.45) is 5.73 Å². The molecule has 2 rings (SSSR count). The highest BCUT2D eigenvalue weighted by molar-refractivity contribution is 7.88. The number of hydrogen-bond acceptors (Lipinski definition) is 5. The second kappa shape index (κ2) is 5.78. The molecule has 0 aromatic heterocycles. The van der Waals surface area contributed by atoms with Crippen molar-refractivity contribution in [2.75, 3.05) is 25.5 Å². The lowest BCUT2D eigenvalue weighted by atomic mass is 10.2.